The molecule has 9 heteroatoms. The van der Waals surface area contributed by atoms with Gasteiger partial charge >= 0.3 is 0 Å². The summed E-state index contributed by atoms with van der Waals surface area (Å²) in [5.74, 6) is 1.20. The number of anilines is 1. The lowest BCUT2D eigenvalue weighted by atomic mass is 9.88. The van der Waals surface area contributed by atoms with E-state index in [2.05, 4.69) is 0 Å². The zero-order valence-electron chi connectivity index (χ0n) is 18.8. The number of carbonyl (C=O) groups is 2. The first-order chi connectivity index (χ1) is 16.6. The standard InChI is InChI=1S/C25H27N5O3S/c26-23(32)21-15-29(19-13-7-8-14-20(19)33-21)22(31)16-34-25-27-24(17-9-3-1-4-10-17)30(28-25)18-11-5-2-6-12-18/h2,5-8,11-14,17,21H,1,3-4,9-10,15-16H2,(H2,26,32). The maximum atomic E-state index is 13.2. The SMILES string of the molecule is NC(=O)C1CN(C(=O)CSc2nc(C3CCCCC3)n(-c3ccccc3)n2)c2ccccc2O1. The Morgan fingerprint density at radius 2 is 1.76 bits per heavy atom. The van der Waals surface area contributed by atoms with E-state index < -0.39 is 12.0 Å². The van der Waals surface area contributed by atoms with E-state index in [0.717, 1.165) is 24.4 Å². The molecule has 1 fully saturated rings. The second-order valence-corrected chi connectivity index (χ2v) is 9.55. The Kier molecular flexibility index (Phi) is 6.53. The first kappa shape index (κ1) is 22.5. The normalized spacial score (nSPS) is 18.2. The molecule has 34 heavy (non-hydrogen) atoms. The van der Waals surface area contributed by atoms with Gasteiger partial charge in [-0.15, -0.1) is 5.10 Å². The molecule has 8 nitrogen and oxygen atoms in total. The lowest BCUT2D eigenvalue weighted by Crippen LogP contribution is -2.49. The molecule has 2 N–H and O–H groups in total. The summed E-state index contributed by atoms with van der Waals surface area (Å²) in [7, 11) is 0. The van der Waals surface area contributed by atoms with E-state index in [4.69, 9.17) is 20.6 Å². The Morgan fingerprint density at radius 1 is 1.03 bits per heavy atom. The van der Waals surface area contributed by atoms with Crippen molar-refractivity contribution in [2.75, 3.05) is 17.2 Å². The number of ether oxygens (including phenoxy) is 1. The highest BCUT2D eigenvalue weighted by Gasteiger charge is 2.33. The van der Waals surface area contributed by atoms with Gasteiger partial charge < -0.3 is 15.4 Å². The van der Waals surface area contributed by atoms with Crippen molar-refractivity contribution in [1.29, 1.82) is 0 Å². The van der Waals surface area contributed by atoms with Crippen LogP contribution >= 0.6 is 11.8 Å². The average Bonchev–Trinajstić information content (AvgIpc) is 3.32. The second-order valence-electron chi connectivity index (χ2n) is 8.60. The second kappa shape index (κ2) is 9.89. The van der Waals surface area contributed by atoms with Gasteiger partial charge in [0.1, 0.15) is 11.6 Å². The molecule has 1 aromatic heterocycles. The molecule has 2 heterocycles. The minimum absolute atomic E-state index is 0.0882. The number of carbonyl (C=O) groups excluding carboxylic acids is 2. The molecule has 1 unspecified atom stereocenters. The van der Waals surface area contributed by atoms with Crippen LogP contribution in [0.15, 0.2) is 59.8 Å². The minimum Gasteiger partial charge on any atom is -0.477 e. The number of primary amides is 1. The van der Waals surface area contributed by atoms with Gasteiger partial charge in [-0.25, -0.2) is 9.67 Å². The van der Waals surface area contributed by atoms with Crippen LogP contribution in [-0.2, 0) is 9.59 Å². The molecule has 2 aliphatic rings. The summed E-state index contributed by atoms with van der Waals surface area (Å²) in [4.78, 5) is 31.4. The van der Waals surface area contributed by atoms with E-state index >= 15 is 0 Å². The molecule has 0 radical (unpaired) electrons. The third-order valence-corrected chi connectivity index (χ3v) is 7.12. The molecule has 1 saturated carbocycles. The van der Waals surface area contributed by atoms with Gasteiger partial charge in [0.05, 0.1) is 23.7 Å². The molecule has 3 aromatic rings. The van der Waals surface area contributed by atoms with Crippen molar-refractivity contribution in [3.05, 3.63) is 60.4 Å². The van der Waals surface area contributed by atoms with Crippen molar-refractivity contribution in [3.8, 4) is 11.4 Å². The summed E-state index contributed by atoms with van der Waals surface area (Å²) >= 11 is 1.31. The summed E-state index contributed by atoms with van der Waals surface area (Å²) < 4.78 is 7.60. The maximum absolute atomic E-state index is 13.2. The first-order valence-corrected chi connectivity index (χ1v) is 12.6. The van der Waals surface area contributed by atoms with Gasteiger partial charge in [0.25, 0.3) is 5.91 Å². The van der Waals surface area contributed by atoms with Gasteiger partial charge in [0.2, 0.25) is 11.1 Å². The molecule has 1 aliphatic heterocycles. The third-order valence-electron chi connectivity index (χ3n) is 6.30. The lowest BCUT2D eigenvalue weighted by molar-refractivity contribution is -0.125. The predicted molar refractivity (Wildman–Crippen MR) is 130 cm³/mol. The molecule has 1 atom stereocenters. The van der Waals surface area contributed by atoms with E-state index in [0.29, 0.717) is 22.5 Å². The number of nitrogens with zero attached hydrogens (tertiary/aromatic N) is 4. The van der Waals surface area contributed by atoms with Crippen LogP contribution in [0.5, 0.6) is 5.75 Å². The largest absolute Gasteiger partial charge is 0.477 e. The van der Waals surface area contributed by atoms with Crippen molar-refractivity contribution in [1.82, 2.24) is 14.8 Å². The van der Waals surface area contributed by atoms with Crippen LogP contribution in [0.2, 0.25) is 0 Å². The number of thioether (sulfide) groups is 1. The number of nitrogens with two attached hydrogens (primary N) is 1. The summed E-state index contributed by atoms with van der Waals surface area (Å²) in [6.07, 6.45) is 4.99. The molecule has 2 aromatic carbocycles. The Hall–Kier alpha value is -3.33. The topological polar surface area (TPSA) is 103 Å². The van der Waals surface area contributed by atoms with Crippen molar-refractivity contribution in [3.63, 3.8) is 0 Å². The third kappa shape index (κ3) is 4.65. The van der Waals surface area contributed by atoms with Crippen LogP contribution in [-0.4, -0.2) is 45.0 Å². The predicted octanol–water partition coefficient (Wildman–Crippen LogP) is 3.69. The number of benzene rings is 2. The van der Waals surface area contributed by atoms with Gasteiger partial charge in [-0.2, -0.15) is 0 Å². The molecule has 0 spiro atoms. The number of fused-ring (bicyclic) bond motifs is 1. The molecule has 0 bridgehead atoms. The van der Waals surface area contributed by atoms with E-state index in [1.807, 2.05) is 41.1 Å². The fourth-order valence-electron chi connectivity index (χ4n) is 4.57. The van der Waals surface area contributed by atoms with Gasteiger partial charge in [-0.3, -0.25) is 9.59 Å². The number of rotatable bonds is 6. The van der Waals surface area contributed by atoms with Crippen molar-refractivity contribution >= 4 is 29.3 Å². The number of aromatic nitrogens is 3. The van der Waals surface area contributed by atoms with Crippen LogP contribution < -0.4 is 15.4 Å². The number of para-hydroxylation sites is 3. The van der Waals surface area contributed by atoms with Crippen LogP contribution in [0.25, 0.3) is 5.69 Å². The van der Waals surface area contributed by atoms with Gasteiger partial charge in [0.15, 0.2) is 6.10 Å². The summed E-state index contributed by atoms with van der Waals surface area (Å²) in [6, 6.07) is 17.2. The Balaban J connectivity index is 1.36. The quantitative estimate of drug-likeness (QED) is 0.543. The van der Waals surface area contributed by atoms with Crippen LogP contribution in [0.1, 0.15) is 43.8 Å². The molecular formula is C25H27N5O3S. The van der Waals surface area contributed by atoms with Crippen LogP contribution in [0, 0.1) is 0 Å². The van der Waals surface area contributed by atoms with Gasteiger partial charge in [0, 0.05) is 5.92 Å². The highest BCUT2D eigenvalue weighted by molar-refractivity contribution is 7.99. The highest BCUT2D eigenvalue weighted by atomic mass is 32.2. The van der Waals surface area contributed by atoms with Gasteiger partial charge in [-0.1, -0.05) is 61.4 Å². The molecule has 176 valence electrons. The zero-order chi connectivity index (χ0) is 23.5. The highest BCUT2D eigenvalue weighted by Crippen LogP contribution is 2.35. The summed E-state index contributed by atoms with van der Waals surface area (Å²) in [6.45, 7) is 0.0882. The molecule has 2 amide bonds. The van der Waals surface area contributed by atoms with Crippen molar-refractivity contribution < 1.29 is 14.3 Å². The number of hydrogen-bond donors (Lipinski definition) is 1. The van der Waals surface area contributed by atoms with E-state index in [-0.39, 0.29) is 18.2 Å². The van der Waals surface area contributed by atoms with E-state index in [1.165, 1.54) is 31.0 Å². The summed E-state index contributed by atoms with van der Waals surface area (Å²) in [5.41, 5.74) is 7.08. The minimum atomic E-state index is -0.878. The van der Waals surface area contributed by atoms with Crippen LogP contribution in [0.4, 0.5) is 5.69 Å². The van der Waals surface area contributed by atoms with Crippen molar-refractivity contribution in [2.45, 2.75) is 49.3 Å². The number of hydrogen-bond acceptors (Lipinski definition) is 6. The Labute approximate surface area is 202 Å². The fraction of sp³-hybridized carbons (Fsp3) is 0.360. The molecule has 1 aliphatic carbocycles. The van der Waals surface area contributed by atoms with Crippen molar-refractivity contribution in [2.24, 2.45) is 5.73 Å². The monoisotopic (exact) mass is 477 g/mol. The molecule has 0 saturated heterocycles. The Bertz CT molecular complexity index is 1180. The molecule has 5 rings (SSSR count). The maximum Gasteiger partial charge on any atom is 0.260 e. The lowest BCUT2D eigenvalue weighted by Gasteiger charge is -2.33. The average molecular weight is 478 g/mol. The van der Waals surface area contributed by atoms with Crippen LogP contribution in [0.3, 0.4) is 0 Å². The Morgan fingerprint density at radius 3 is 2.53 bits per heavy atom. The number of amides is 2. The first-order valence-electron chi connectivity index (χ1n) is 11.6. The van der Waals surface area contributed by atoms with Gasteiger partial charge in [-0.05, 0) is 37.1 Å². The summed E-state index contributed by atoms with van der Waals surface area (Å²) in [5, 5.41) is 5.33. The zero-order valence-corrected chi connectivity index (χ0v) is 19.6. The fourth-order valence-corrected chi connectivity index (χ4v) is 5.28. The van der Waals surface area contributed by atoms with E-state index in [9.17, 15) is 9.59 Å². The van der Waals surface area contributed by atoms with E-state index in [1.54, 1.807) is 23.1 Å². The smallest absolute Gasteiger partial charge is 0.260 e. The molecular weight excluding hydrogens is 450 g/mol.